The number of nitrogens with one attached hydrogen (secondary N) is 1. The van der Waals surface area contributed by atoms with E-state index in [4.69, 9.17) is 9.47 Å². The van der Waals surface area contributed by atoms with E-state index in [-0.39, 0.29) is 31.6 Å². The number of carbonyl (C=O) groups is 2. The van der Waals surface area contributed by atoms with Crippen LogP contribution >= 0.6 is 0 Å². The molecule has 0 unspecified atom stereocenters. The third-order valence-electron chi connectivity index (χ3n) is 3.03. The Hall–Kier alpha value is -1.33. The summed E-state index contributed by atoms with van der Waals surface area (Å²) in [5, 5.41) is 2.26. The zero-order chi connectivity index (χ0) is 14.1. The summed E-state index contributed by atoms with van der Waals surface area (Å²) in [6, 6.07) is 0. The van der Waals surface area contributed by atoms with Gasteiger partial charge in [-0.2, -0.15) is 0 Å². The quantitative estimate of drug-likeness (QED) is 0.596. The lowest BCUT2D eigenvalue weighted by atomic mass is 9.89. The van der Waals surface area contributed by atoms with Crippen molar-refractivity contribution in [2.45, 2.75) is 45.2 Å². The average Bonchev–Trinajstić information content (AvgIpc) is 2.42. The van der Waals surface area contributed by atoms with Gasteiger partial charge in [-0.25, -0.2) is 9.18 Å². The van der Waals surface area contributed by atoms with Crippen LogP contribution in [0.5, 0.6) is 0 Å². The van der Waals surface area contributed by atoms with Gasteiger partial charge in [0, 0.05) is 0 Å². The number of hydrogen-bond donors (Lipinski definition) is 1. The molecule has 0 spiro atoms. The van der Waals surface area contributed by atoms with Crippen LogP contribution < -0.4 is 5.32 Å². The molecule has 1 rings (SSSR count). The van der Waals surface area contributed by atoms with Crippen molar-refractivity contribution in [3.05, 3.63) is 0 Å². The number of halogens is 1. The number of hydrogen-bond acceptors (Lipinski definition) is 4. The normalized spacial score (nSPS) is 17.6. The van der Waals surface area contributed by atoms with Gasteiger partial charge in [-0.05, 0) is 19.8 Å². The van der Waals surface area contributed by atoms with E-state index in [9.17, 15) is 14.0 Å². The molecule has 1 aliphatic rings. The lowest BCUT2D eigenvalue weighted by molar-refractivity contribution is -0.150. The smallest absolute Gasteiger partial charge is 0.407 e. The van der Waals surface area contributed by atoms with Crippen LogP contribution in [0.2, 0.25) is 0 Å². The number of ether oxygens (including phenoxy) is 2. The van der Waals surface area contributed by atoms with E-state index in [1.807, 2.05) is 0 Å². The van der Waals surface area contributed by atoms with Crippen molar-refractivity contribution in [1.82, 2.24) is 5.32 Å². The highest BCUT2D eigenvalue weighted by molar-refractivity contribution is 5.72. The van der Waals surface area contributed by atoms with Gasteiger partial charge >= 0.3 is 12.1 Å². The van der Waals surface area contributed by atoms with Gasteiger partial charge in [0.1, 0.15) is 19.4 Å². The molecule has 0 aromatic rings. The van der Waals surface area contributed by atoms with E-state index in [0.29, 0.717) is 0 Å². The van der Waals surface area contributed by atoms with Crippen LogP contribution in [0.4, 0.5) is 9.18 Å². The van der Waals surface area contributed by atoms with Crippen molar-refractivity contribution in [3.8, 4) is 0 Å². The molecule has 0 aliphatic heterocycles. The fraction of sp³-hybridized carbons (Fsp3) is 0.846. The number of alkyl halides is 1. The van der Waals surface area contributed by atoms with Gasteiger partial charge in [0.05, 0.1) is 12.5 Å². The van der Waals surface area contributed by atoms with Crippen molar-refractivity contribution >= 4 is 12.1 Å². The predicted octanol–water partition coefficient (Wildman–Crippen LogP) is 2.19. The van der Waals surface area contributed by atoms with Gasteiger partial charge in [0.2, 0.25) is 0 Å². The van der Waals surface area contributed by atoms with Gasteiger partial charge in [0.15, 0.2) is 0 Å². The molecule has 0 heterocycles. The fourth-order valence-corrected chi connectivity index (χ4v) is 2.01. The van der Waals surface area contributed by atoms with Gasteiger partial charge in [0.25, 0.3) is 0 Å². The lowest BCUT2D eigenvalue weighted by Crippen LogP contribution is -2.30. The minimum atomic E-state index is -1.11. The fourth-order valence-electron chi connectivity index (χ4n) is 2.01. The monoisotopic (exact) mass is 275 g/mol. The number of alkyl carbamates (subject to hydrolysis) is 1. The van der Waals surface area contributed by atoms with E-state index < -0.39 is 12.3 Å². The van der Waals surface area contributed by atoms with Crippen LogP contribution in [0.1, 0.15) is 39.0 Å². The number of amides is 1. The third-order valence-corrected chi connectivity index (χ3v) is 3.03. The van der Waals surface area contributed by atoms with Gasteiger partial charge in [-0.1, -0.05) is 19.3 Å². The molecule has 0 radical (unpaired) electrons. The van der Waals surface area contributed by atoms with Crippen molar-refractivity contribution in [2.24, 2.45) is 5.92 Å². The molecular formula is C13H22FNO4. The topological polar surface area (TPSA) is 64.6 Å². The molecule has 0 saturated heterocycles. The highest BCUT2D eigenvalue weighted by Gasteiger charge is 2.22. The molecule has 0 aromatic carbocycles. The second kappa shape index (κ2) is 8.72. The standard InChI is InChI=1S/C13H22FNO4/c1-10(14)9-15-13(17)19-8-7-18-12(16)11-5-3-2-4-6-11/h10-11H,2-9H2,1H3,(H,15,17)/t10-/m1/s1. The second-order valence-corrected chi connectivity index (χ2v) is 4.80. The second-order valence-electron chi connectivity index (χ2n) is 4.80. The summed E-state index contributed by atoms with van der Waals surface area (Å²) in [6.45, 7) is 1.30. The molecule has 1 amide bonds. The number of rotatable bonds is 6. The Morgan fingerprint density at radius 1 is 1.21 bits per heavy atom. The van der Waals surface area contributed by atoms with Gasteiger partial charge < -0.3 is 14.8 Å². The molecule has 1 atom stereocenters. The van der Waals surface area contributed by atoms with Crippen molar-refractivity contribution in [3.63, 3.8) is 0 Å². The maximum absolute atomic E-state index is 12.4. The predicted molar refractivity (Wildman–Crippen MR) is 67.5 cm³/mol. The summed E-state index contributed by atoms with van der Waals surface area (Å²) >= 11 is 0. The molecule has 5 nitrogen and oxygen atoms in total. The van der Waals surface area contributed by atoms with Gasteiger partial charge in [-0.15, -0.1) is 0 Å². The van der Waals surface area contributed by atoms with E-state index >= 15 is 0 Å². The Morgan fingerprint density at radius 2 is 1.84 bits per heavy atom. The number of carbonyl (C=O) groups excluding carboxylic acids is 2. The number of esters is 1. The van der Waals surface area contributed by atoms with Crippen LogP contribution in [0, 0.1) is 5.92 Å². The molecule has 1 aliphatic carbocycles. The summed E-state index contributed by atoms with van der Waals surface area (Å²) in [6.07, 6.45) is 3.28. The molecule has 0 aromatic heterocycles. The van der Waals surface area contributed by atoms with Crippen LogP contribution in [0.15, 0.2) is 0 Å². The van der Waals surface area contributed by atoms with E-state index in [0.717, 1.165) is 25.7 Å². The van der Waals surface area contributed by atoms with Gasteiger partial charge in [-0.3, -0.25) is 4.79 Å². The molecule has 6 heteroatoms. The lowest BCUT2D eigenvalue weighted by Gasteiger charge is -2.19. The maximum atomic E-state index is 12.4. The molecule has 1 N–H and O–H groups in total. The van der Waals surface area contributed by atoms with Crippen LogP contribution in [-0.2, 0) is 14.3 Å². The molecule has 0 bridgehead atoms. The third kappa shape index (κ3) is 6.98. The van der Waals surface area contributed by atoms with Crippen molar-refractivity contribution < 1.29 is 23.5 Å². The summed E-state index contributed by atoms with van der Waals surface area (Å²) in [7, 11) is 0. The molecule has 19 heavy (non-hydrogen) atoms. The molecule has 1 saturated carbocycles. The Kier molecular flexibility index (Phi) is 7.22. The van der Waals surface area contributed by atoms with E-state index in [1.165, 1.54) is 13.3 Å². The zero-order valence-electron chi connectivity index (χ0n) is 11.3. The maximum Gasteiger partial charge on any atom is 0.407 e. The Labute approximate surface area is 112 Å². The first kappa shape index (κ1) is 15.7. The van der Waals surface area contributed by atoms with Crippen LogP contribution in [-0.4, -0.2) is 38.0 Å². The summed E-state index contributed by atoms with van der Waals surface area (Å²) < 4.78 is 22.2. The van der Waals surface area contributed by atoms with Crippen molar-refractivity contribution in [1.29, 1.82) is 0 Å². The van der Waals surface area contributed by atoms with Crippen LogP contribution in [0.25, 0.3) is 0 Å². The Morgan fingerprint density at radius 3 is 2.47 bits per heavy atom. The van der Waals surface area contributed by atoms with Crippen molar-refractivity contribution in [2.75, 3.05) is 19.8 Å². The minimum absolute atomic E-state index is 0.00466. The first-order valence-corrected chi connectivity index (χ1v) is 6.81. The average molecular weight is 275 g/mol. The molecule has 110 valence electrons. The Balaban J connectivity index is 2.03. The highest BCUT2D eigenvalue weighted by atomic mass is 19.1. The SMILES string of the molecule is C[C@@H](F)CNC(=O)OCCOC(=O)C1CCCCC1. The first-order valence-electron chi connectivity index (χ1n) is 6.81. The minimum Gasteiger partial charge on any atom is -0.462 e. The molecular weight excluding hydrogens is 253 g/mol. The van der Waals surface area contributed by atoms with E-state index in [1.54, 1.807) is 0 Å². The highest BCUT2D eigenvalue weighted by Crippen LogP contribution is 2.24. The first-order chi connectivity index (χ1) is 9.09. The van der Waals surface area contributed by atoms with Crippen LogP contribution in [0.3, 0.4) is 0 Å². The molecule has 1 fully saturated rings. The Bertz CT molecular complexity index is 290. The zero-order valence-corrected chi connectivity index (χ0v) is 11.3. The summed E-state index contributed by atoms with van der Waals surface area (Å²) in [5.41, 5.74) is 0. The summed E-state index contributed by atoms with van der Waals surface area (Å²) in [4.78, 5) is 22.7. The van der Waals surface area contributed by atoms with E-state index in [2.05, 4.69) is 5.32 Å². The summed E-state index contributed by atoms with van der Waals surface area (Å²) in [5.74, 6) is -0.212. The largest absolute Gasteiger partial charge is 0.462 e.